The fourth-order valence-corrected chi connectivity index (χ4v) is 7.86. The summed E-state index contributed by atoms with van der Waals surface area (Å²) in [5.74, 6) is -0.885. The van der Waals surface area contributed by atoms with Gasteiger partial charge in [-0.25, -0.2) is 0 Å². The van der Waals surface area contributed by atoms with E-state index in [0.29, 0.717) is 19.3 Å². The van der Waals surface area contributed by atoms with Crippen LogP contribution in [-0.2, 0) is 28.6 Å². The predicted molar refractivity (Wildman–Crippen MR) is 275 cm³/mol. The predicted octanol–water partition coefficient (Wildman–Crippen LogP) is 18.3. The van der Waals surface area contributed by atoms with E-state index in [1.165, 1.54) is 161 Å². The van der Waals surface area contributed by atoms with Crippen LogP contribution in [0.4, 0.5) is 0 Å². The smallest absolute Gasteiger partial charge is 0.306 e. The molecule has 0 radical (unpaired) electrons. The lowest BCUT2D eigenvalue weighted by Gasteiger charge is -2.18. The molecule has 0 spiro atoms. The molecule has 0 fully saturated rings. The van der Waals surface area contributed by atoms with E-state index >= 15 is 0 Å². The first-order valence-corrected chi connectivity index (χ1v) is 27.6. The number of ether oxygens (including phenoxy) is 3. The largest absolute Gasteiger partial charge is 0.462 e. The summed E-state index contributed by atoms with van der Waals surface area (Å²) >= 11 is 0. The SMILES string of the molecule is CCCCC/C=C\C/C=C\CCCCCCCCCCCC(=O)O[C@H](COC(=O)CCCCCCC/C=C\C/C=C\CCCCC)COC(=O)CCCCCCCCCCCCCC. The van der Waals surface area contributed by atoms with Crippen molar-refractivity contribution in [1.29, 1.82) is 0 Å². The lowest BCUT2D eigenvalue weighted by atomic mass is 10.0. The lowest BCUT2D eigenvalue weighted by Crippen LogP contribution is -2.30. The molecule has 372 valence electrons. The van der Waals surface area contributed by atoms with Gasteiger partial charge in [0.15, 0.2) is 6.10 Å². The van der Waals surface area contributed by atoms with Crippen molar-refractivity contribution >= 4 is 17.9 Å². The van der Waals surface area contributed by atoms with Crippen LogP contribution in [0.2, 0.25) is 0 Å². The maximum atomic E-state index is 12.8. The highest BCUT2D eigenvalue weighted by Crippen LogP contribution is 2.15. The highest BCUT2D eigenvalue weighted by atomic mass is 16.6. The molecule has 0 unspecified atom stereocenters. The van der Waals surface area contributed by atoms with Gasteiger partial charge >= 0.3 is 17.9 Å². The van der Waals surface area contributed by atoms with Crippen molar-refractivity contribution in [3.63, 3.8) is 0 Å². The molecule has 0 bridgehead atoms. The highest BCUT2D eigenvalue weighted by Gasteiger charge is 2.19. The van der Waals surface area contributed by atoms with Gasteiger partial charge in [0, 0.05) is 19.3 Å². The minimum absolute atomic E-state index is 0.0768. The van der Waals surface area contributed by atoms with Crippen LogP contribution in [-0.4, -0.2) is 37.2 Å². The van der Waals surface area contributed by atoms with Gasteiger partial charge in [-0.1, -0.05) is 230 Å². The van der Waals surface area contributed by atoms with Gasteiger partial charge < -0.3 is 14.2 Å². The van der Waals surface area contributed by atoms with Crippen molar-refractivity contribution in [3.8, 4) is 0 Å². The summed E-state index contributed by atoms with van der Waals surface area (Å²) in [7, 11) is 0. The summed E-state index contributed by atoms with van der Waals surface area (Å²) in [6, 6.07) is 0. The van der Waals surface area contributed by atoms with E-state index in [2.05, 4.69) is 69.4 Å². The molecule has 0 N–H and O–H groups in total. The van der Waals surface area contributed by atoms with Crippen LogP contribution in [0.15, 0.2) is 48.6 Å². The molecule has 0 aliphatic rings. The Morgan fingerprint density at radius 1 is 0.312 bits per heavy atom. The van der Waals surface area contributed by atoms with Gasteiger partial charge in [-0.05, 0) is 83.5 Å². The third-order valence-electron chi connectivity index (χ3n) is 12.1. The second kappa shape index (κ2) is 53.0. The summed E-state index contributed by atoms with van der Waals surface area (Å²) < 4.78 is 16.8. The van der Waals surface area contributed by atoms with Crippen LogP contribution < -0.4 is 0 Å². The summed E-state index contributed by atoms with van der Waals surface area (Å²) in [5.41, 5.74) is 0. The molecule has 64 heavy (non-hydrogen) atoms. The standard InChI is InChI=1S/C58H104O6/c1-4-7-10-13-16-19-22-25-27-28-29-30-32-34-37-40-43-46-49-52-58(61)64-55(53-62-56(59)50-47-44-41-38-35-24-21-18-15-12-9-6-3)54-63-57(60)51-48-45-42-39-36-33-31-26-23-20-17-14-11-8-5-2/h16-17,19-20,25-27,31,55H,4-15,18,21-24,28-30,32-54H2,1-3H3/b19-16-,20-17-,27-25-,31-26-/t55-/m0/s1. The molecule has 0 heterocycles. The molecule has 0 aliphatic carbocycles. The third-order valence-corrected chi connectivity index (χ3v) is 12.1. The zero-order chi connectivity index (χ0) is 46.5. The van der Waals surface area contributed by atoms with Crippen molar-refractivity contribution in [1.82, 2.24) is 0 Å². The molecule has 1 atom stereocenters. The monoisotopic (exact) mass is 897 g/mol. The summed E-state index contributed by atoms with van der Waals surface area (Å²) in [5, 5.41) is 0. The molecular formula is C58H104O6. The van der Waals surface area contributed by atoms with Crippen molar-refractivity contribution in [3.05, 3.63) is 48.6 Å². The van der Waals surface area contributed by atoms with Gasteiger partial charge in [-0.2, -0.15) is 0 Å². The van der Waals surface area contributed by atoms with Crippen LogP contribution in [0.1, 0.15) is 284 Å². The number of rotatable bonds is 50. The van der Waals surface area contributed by atoms with Gasteiger partial charge in [0.25, 0.3) is 0 Å². The van der Waals surface area contributed by atoms with E-state index in [1.54, 1.807) is 0 Å². The number of unbranched alkanes of at least 4 members (excludes halogenated alkanes) is 31. The van der Waals surface area contributed by atoms with E-state index in [1.807, 2.05) is 0 Å². The van der Waals surface area contributed by atoms with Gasteiger partial charge in [0.05, 0.1) is 0 Å². The first kappa shape index (κ1) is 61.4. The molecular weight excluding hydrogens is 793 g/mol. The fourth-order valence-electron chi connectivity index (χ4n) is 7.86. The highest BCUT2D eigenvalue weighted by molar-refractivity contribution is 5.71. The average Bonchev–Trinajstić information content (AvgIpc) is 3.29. The Hall–Kier alpha value is -2.63. The molecule has 0 rings (SSSR count). The number of carbonyl (C=O) groups is 3. The lowest BCUT2D eigenvalue weighted by molar-refractivity contribution is -0.167. The van der Waals surface area contributed by atoms with Crippen LogP contribution in [0.3, 0.4) is 0 Å². The first-order chi connectivity index (χ1) is 31.5. The van der Waals surface area contributed by atoms with Crippen molar-refractivity contribution in [2.45, 2.75) is 290 Å². The second-order valence-corrected chi connectivity index (χ2v) is 18.5. The molecule has 0 saturated carbocycles. The molecule has 0 aromatic carbocycles. The summed E-state index contributed by atoms with van der Waals surface area (Å²) in [4.78, 5) is 38.0. The molecule has 0 aliphatic heterocycles. The molecule has 0 saturated heterocycles. The Morgan fingerprint density at radius 3 is 0.891 bits per heavy atom. The number of hydrogen-bond donors (Lipinski definition) is 0. The Labute approximate surface area is 397 Å². The van der Waals surface area contributed by atoms with E-state index in [0.717, 1.165) is 83.5 Å². The van der Waals surface area contributed by atoms with Crippen molar-refractivity contribution < 1.29 is 28.6 Å². The first-order valence-electron chi connectivity index (χ1n) is 27.6. The quantitative estimate of drug-likeness (QED) is 0.0262. The van der Waals surface area contributed by atoms with Crippen molar-refractivity contribution in [2.75, 3.05) is 13.2 Å². The van der Waals surface area contributed by atoms with E-state index in [4.69, 9.17) is 14.2 Å². The third kappa shape index (κ3) is 50.4. The Balaban J connectivity index is 4.36. The summed E-state index contributed by atoms with van der Waals surface area (Å²) in [6.07, 6.45) is 63.7. The normalized spacial score (nSPS) is 12.4. The number of allylic oxidation sites excluding steroid dienone is 8. The van der Waals surface area contributed by atoms with Crippen molar-refractivity contribution in [2.24, 2.45) is 0 Å². The molecule has 0 amide bonds. The minimum atomic E-state index is -0.778. The number of carbonyl (C=O) groups excluding carboxylic acids is 3. The van der Waals surface area contributed by atoms with Crippen LogP contribution in [0, 0.1) is 0 Å². The second-order valence-electron chi connectivity index (χ2n) is 18.5. The average molecular weight is 897 g/mol. The zero-order valence-corrected chi connectivity index (χ0v) is 42.6. The zero-order valence-electron chi connectivity index (χ0n) is 42.6. The fraction of sp³-hybridized carbons (Fsp3) is 0.810. The van der Waals surface area contributed by atoms with Gasteiger partial charge in [0.1, 0.15) is 13.2 Å². The molecule has 0 aromatic heterocycles. The van der Waals surface area contributed by atoms with E-state index in [-0.39, 0.29) is 31.1 Å². The Morgan fingerprint density at radius 2 is 0.562 bits per heavy atom. The molecule has 0 aromatic rings. The number of hydrogen-bond acceptors (Lipinski definition) is 6. The van der Waals surface area contributed by atoms with E-state index < -0.39 is 6.10 Å². The minimum Gasteiger partial charge on any atom is -0.462 e. The molecule has 6 nitrogen and oxygen atoms in total. The number of esters is 3. The Bertz CT molecular complexity index is 1120. The molecule has 6 heteroatoms. The summed E-state index contributed by atoms with van der Waals surface area (Å²) in [6.45, 7) is 6.59. The van der Waals surface area contributed by atoms with Gasteiger partial charge in [-0.3, -0.25) is 14.4 Å². The topological polar surface area (TPSA) is 78.9 Å². The van der Waals surface area contributed by atoms with Crippen LogP contribution >= 0.6 is 0 Å². The maximum absolute atomic E-state index is 12.8. The Kier molecular flexibility index (Phi) is 50.8. The maximum Gasteiger partial charge on any atom is 0.306 e. The van der Waals surface area contributed by atoms with Crippen LogP contribution in [0.25, 0.3) is 0 Å². The van der Waals surface area contributed by atoms with E-state index in [9.17, 15) is 14.4 Å². The van der Waals surface area contributed by atoms with Crippen LogP contribution in [0.5, 0.6) is 0 Å². The van der Waals surface area contributed by atoms with Gasteiger partial charge in [-0.15, -0.1) is 0 Å². The van der Waals surface area contributed by atoms with Gasteiger partial charge in [0.2, 0.25) is 0 Å².